The average molecular weight is 420 g/mol. The van der Waals surface area contributed by atoms with Crippen LogP contribution in [0.1, 0.15) is 30.7 Å². The van der Waals surface area contributed by atoms with Gasteiger partial charge >= 0.3 is 6.18 Å². The van der Waals surface area contributed by atoms with E-state index >= 15 is 0 Å². The van der Waals surface area contributed by atoms with E-state index in [4.69, 9.17) is 0 Å². The Balaban J connectivity index is 1.96. The van der Waals surface area contributed by atoms with E-state index in [1.54, 1.807) is 11.3 Å². The molecule has 0 spiro atoms. The molecule has 1 aromatic heterocycles. The van der Waals surface area contributed by atoms with Gasteiger partial charge in [0.05, 0.1) is 6.04 Å². The van der Waals surface area contributed by atoms with Crippen LogP contribution in [0.15, 0.2) is 22.5 Å². The Morgan fingerprint density at radius 1 is 1.36 bits per heavy atom. The van der Waals surface area contributed by atoms with Crippen molar-refractivity contribution in [2.24, 2.45) is 4.99 Å². The third-order valence-electron chi connectivity index (χ3n) is 4.47. The number of hydrogen-bond donors (Lipinski definition) is 2. The van der Waals surface area contributed by atoms with E-state index < -0.39 is 18.6 Å². The molecule has 1 amide bonds. The van der Waals surface area contributed by atoms with Gasteiger partial charge in [0.15, 0.2) is 5.96 Å². The molecule has 0 saturated carbocycles. The van der Waals surface area contributed by atoms with Gasteiger partial charge in [0.1, 0.15) is 13.1 Å². The van der Waals surface area contributed by atoms with Crippen molar-refractivity contribution in [3.63, 3.8) is 0 Å². The maximum Gasteiger partial charge on any atom is 0.406 e. The van der Waals surface area contributed by atoms with Crippen LogP contribution in [-0.4, -0.2) is 74.2 Å². The summed E-state index contributed by atoms with van der Waals surface area (Å²) in [5.74, 6) is -0.249. The molecule has 6 nitrogen and oxygen atoms in total. The lowest BCUT2D eigenvalue weighted by Gasteiger charge is -2.27. The van der Waals surface area contributed by atoms with Crippen molar-refractivity contribution in [2.45, 2.75) is 32.0 Å². The van der Waals surface area contributed by atoms with Crippen LogP contribution in [0.25, 0.3) is 0 Å². The van der Waals surface area contributed by atoms with Gasteiger partial charge in [-0.2, -0.15) is 13.2 Å². The lowest BCUT2D eigenvalue weighted by atomic mass is 10.2. The number of carbonyl (C=O) groups excluding carboxylic acids is 1. The molecule has 1 unspecified atom stereocenters. The molecular weight excluding hydrogens is 391 g/mol. The van der Waals surface area contributed by atoms with Gasteiger partial charge < -0.3 is 15.5 Å². The van der Waals surface area contributed by atoms with Gasteiger partial charge in [0, 0.05) is 25.0 Å². The fraction of sp³-hybridized carbons (Fsp3) is 0.667. The van der Waals surface area contributed by atoms with Crippen LogP contribution in [-0.2, 0) is 4.79 Å². The molecule has 0 radical (unpaired) electrons. The van der Waals surface area contributed by atoms with Crippen LogP contribution in [0, 0.1) is 0 Å². The van der Waals surface area contributed by atoms with E-state index in [1.165, 1.54) is 17.7 Å². The number of nitrogens with zero attached hydrogens (tertiary/aromatic N) is 3. The van der Waals surface area contributed by atoms with Crippen molar-refractivity contribution < 1.29 is 18.0 Å². The van der Waals surface area contributed by atoms with Crippen molar-refractivity contribution >= 4 is 23.2 Å². The highest BCUT2D eigenvalue weighted by molar-refractivity contribution is 7.10. The summed E-state index contributed by atoms with van der Waals surface area (Å²) >= 11 is 1.70. The van der Waals surface area contributed by atoms with Crippen LogP contribution in [0.2, 0.25) is 0 Å². The zero-order chi connectivity index (χ0) is 20.6. The Hall–Kier alpha value is -1.81. The van der Waals surface area contributed by atoms with Gasteiger partial charge in [-0.3, -0.25) is 9.69 Å². The molecule has 2 rings (SSSR count). The smallest absolute Gasteiger partial charge is 0.357 e. The molecule has 1 saturated heterocycles. The standard InChI is InChI=1S/C18H28F3N5OS/c1-3-22-17(24-12-16(27)25(2)13-18(19,20)21)23-11-14(15-7-6-10-28-15)26-8-4-5-9-26/h6-7,10,14H,3-5,8-9,11-13H2,1-2H3,(H2,22,23,24). The summed E-state index contributed by atoms with van der Waals surface area (Å²) in [6.45, 7) is 3.56. The molecule has 158 valence electrons. The molecule has 0 bridgehead atoms. The summed E-state index contributed by atoms with van der Waals surface area (Å²) in [7, 11) is 1.13. The van der Waals surface area contributed by atoms with E-state index in [-0.39, 0.29) is 12.6 Å². The largest absolute Gasteiger partial charge is 0.406 e. The quantitative estimate of drug-likeness (QED) is 0.502. The van der Waals surface area contributed by atoms with Crippen LogP contribution in [0.5, 0.6) is 0 Å². The second kappa shape index (κ2) is 10.7. The van der Waals surface area contributed by atoms with Gasteiger partial charge in [-0.15, -0.1) is 11.3 Å². The minimum absolute atomic E-state index is 0.204. The lowest BCUT2D eigenvalue weighted by molar-refractivity contribution is -0.157. The Labute approximate surface area is 167 Å². The van der Waals surface area contributed by atoms with Crippen LogP contribution < -0.4 is 10.6 Å². The number of rotatable bonds is 8. The maximum atomic E-state index is 12.4. The average Bonchev–Trinajstić information content (AvgIpc) is 3.32. The Kier molecular flexibility index (Phi) is 8.56. The van der Waals surface area contributed by atoms with Gasteiger partial charge in [-0.1, -0.05) is 6.07 Å². The highest BCUT2D eigenvalue weighted by Gasteiger charge is 2.31. The minimum Gasteiger partial charge on any atom is -0.357 e. The second-order valence-corrected chi connectivity index (χ2v) is 7.69. The molecule has 2 heterocycles. The summed E-state index contributed by atoms with van der Waals surface area (Å²) in [6.07, 6.45) is -2.06. The van der Waals surface area contributed by atoms with Gasteiger partial charge in [0.2, 0.25) is 5.91 Å². The van der Waals surface area contributed by atoms with E-state index in [1.807, 2.05) is 18.4 Å². The number of hydrogen-bond acceptors (Lipinski definition) is 4. The Morgan fingerprint density at radius 2 is 2.07 bits per heavy atom. The first-order valence-electron chi connectivity index (χ1n) is 9.40. The van der Waals surface area contributed by atoms with Crippen LogP contribution in [0.4, 0.5) is 13.2 Å². The predicted octanol–water partition coefficient (Wildman–Crippen LogP) is 2.46. The summed E-state index contributed by atoms with van der Waals surface area (Å²) in [5.41, 5.74) is 0. The maximum absolute atomic E-state index is 12.4. The Morgan fingerprint density at radius 3 is 2.64 bits per heavy atom. The number of aliphatic imine (C=N–C) groups is 1. The summed E-state index contributed by atoms with van der Waals surface area (Å²) < 4.78 is 37.3. The first-order chi connectivity index (χ1) is 13.3. The van der Waals surface area contributed by atoms with E-state index in [2.05, 4.69) is 26.6 Å². The highest BCUT2D eigenvalue weighted by atomic mass is 32.1. The minimum atomic E-state index is -4.42. The molecule has 28 heavy (non-hydrogen) atoms. The van der Waals surface area contributed by atoms with E-state index in [0.29, 0.717) is 23.9 Å². The third-order valence-corrected chi connectivity index (χ3v) is 5.45. The molecule has 1 aromatic rings. The van der Waals surface area contributed by atoms with E-state index in [0.717, 1.165) is 20.1 Å². The monoisotopic (exact) mass is 419 g/mol. The number of alkyl halides is 3. The molecule has 2 N–H and O–H groups in total. The number of halogens is 3. The predicted molar refractivity (Wildman–Crippen MR) is 106 cm³/mol. The van der Waals surface area contributed by atoms with Crippen molar-refractivity contribution in [2.75, 3.05) is 46.3 Å². The number of thiophene rings is 1. The number of amides is 1. The summed E-state index contributed by atoms with van der Waals surface area (Å²) in [5, 5.41) is 8.34. The fourth-order valence-corrected chi connectivity index (χ4v) is 3.96. The first kappa shape index (κ1) is 22.5. The topological polar surface area (TPSA) is 60.0 Å². The van der Waals surface area contributed by atoms with Crippen molar-refractivity contribution in [1.29, 1.82) is 0 Å². The van der Waals surface area contributed by atoms with Crippen LogP contribution >= 0.6 is 11.3 Å². The number of carbonyl (C=O) groups is 1. The van der Waals surface area contributed by atoms with Gasteiger partial charge in [-0.25, -0.2) is 4.99 Å². The van der Waals surface area contributed by atoms with Crippen molar-refractivity contribution in [3.8, 4) is 0 Å². The van der Waals surface area contributed by atoms with Crippen LogP contribution in [0.3, 0.4) is 0 Å². The lowest BCUT2D eigenvalue weighted by Crippen LogP contribution is -2.43. The van der Waals surface area contributed by atoms with Gasteiger partial charge in [0.25, 0.3) is 0 Å². The van der Waals surface area contributed by atoms with Crippen molar-refractivity contribution in [1.82, 2.24) is 20.4 Å². The molecule has 0 aliphatic carbocycles. The molecule has 0 aromatic carbocycles. The molecule has 1 aliphatic heterocycles. The zero-order valence-corrected chi connectivity index (χ0v) is 17.1. The third kappa shape index (κ3) is 7.31. The highest BCUT2D eigenvalue weighted by Crippen LogP contribution is 2.27. The summed E-state index contributed by atoms with van der Waals surface area (Å²) in [4.78, 5) is 20.4. The molecule has 1 atom stereocenters. The Bertz CT molecular complexity index is 630. The zero-order valence-electron chi connectivity index (χ0n) is 16.3. The van der Waals surface area contributed by atoms with Gasteiger partial charge in [-0.05, 0) is 44.3 Å². The SMILES string of the molecule is CCNC(=NCC(=O)N(C)CC(F)(F)F)NCC(c1cccs1)N1CCCC1. The fourth-order valence-electron chi connectivity index (χ4n) is 3.10. The second-order valence-electron chi connectivity index (χ2n) is 6.72. The number of likely N-dealkylation sites (tertiary alicyclic amines) is 1. The van der Waals surface area contributed by atoms with E-state index in [9.17, 15) is 18.0 Å². The number of nitrogens with one attached hydrogen (secondary N) is 2. The number of likely N-dealkylation sites (N-methyl/N-ethyl adjacent to an activating group) is 1. The molecular formula is C18H28F3N5OS. The number of guanidine groups is 1. The van der Waals surface area contributed by atoms with Crippen molar-refractivity contribution in [3.05, 3.63) is 22.4 Å². The molecule has 10 heteroatoms. The normalized spacial score (nSPS) is 16.8. The first-order valence-corrected chi connectivity index (χ1v) is 10.3. The molecule has 1 fully saturated rings. The summed E-state index contributed by atoms with van der Waals surface area (Å²) in [6, 6.07) is 4.34. The molecule has 1 aliphatic rings.